The summed E-state index contributed by atoms with van der Waals surface area (Å²) in [5.74, 6) is -0.148. The van der Waals surface area contributed by atoms with Gasteiger partial charge in [-0.2, -0.15) is 5.26 Å². The third-order valence-corrected chi connectivity index (χ3v) is 2.44. The highest BCUT2D eigenvalue weighted by Gasteiger charge is 2.24. The fourth-order valence-corrected chi connectivity index (χ4v) is 1.42. The summed E-state index contributed by atoms with van der Waals surface area (Å²) in [4.78, 5) is 11.9. The van der Waals surface area contributed by atoms with Crippen molar-refractivity contribution in [3.63, 3.8) is 0 Å². The molecule has 0 heterocycles. The number of nitrogens with one attached hydrogen (secondary N) is 1. The Kier molecular flexibility index (Phi) is 4.67. The summed E-state index contributed by atoms with van der Waals surface area (Å²) in [5, 5.41) is 12.0. The van der Waals surface area contributed by atoms with E-state index >= 15 is 0 Å². The van der Waals surface area contributed by atoms with E-state index in [1.54, 1.807) is 20.8 Å². The summed E-state index contributed by atoms with van der Waals surface area (Å²) in [5.41, 5.74) is 0.739. The zero-order valence-corrected chi connectivity index (χ0v) is 11.0. The van der Waals surface area contributed by atoms with Gasteiger partial charge in [0.2, 0.25) is 0 Å². The maximum absolute atomic E-state index is 11.9. The van der Waals surface area contributed by atoms with Gasteiger partial charge in [0.25, 0.3) is 0 Å². The van der Waals surface area contributed by atoms with Crippen LogP contribution < -0.4 is 5.32 Å². The Labute approximate surface area is 108 Å². The molecule has 0 aliphatic rings. The minimum Gasteiger partial charge on any atom is -0.386 e. The Morgan fingerprint density at radius 1 is 1.33 bits per heavy atom. The highest BCUT2D eigenvalue weighted by atomic mass is 16.1. The van der Waals surface area contributed by atoms with E-state index in [-0.39, 0.29) is 11.4 Å². The number of ketones is 1. The number of nitrogens with zero attached hydrogens (tertiary/aromatic N) is 1. The van der Waals surface area contributed by atoms with Gasteiger partial charge >= 0.3 is 0 Å². The van der Waals surface area contributed by atoms with Crippen molar-refractivity contribution in [2.24, 2.45) is 5.41 Å². The van der Waals surface area contributed by atoms with E-state index in [0.29, 0.717) is 6.54 Å². The Hall–Kier alpha value is -2.08. The van der Waals surface area contributed by atoms with Crippen molar-refractivity contribution in [2.75, 3.05) is 0 Å². The summed E-state index contributed by atoms with van der Waals surface area (Å²) in [6, 6.07) is 11.8. The Morgan fingerprint density at radius 3 is 2.44 bits per heavy atom. The molecule has 0 spiro atoms. The Morgan fingerprint density at radius 2 is 1.94 bits per heavy atom. The Balaban J connectivity index is 2.66. The van der Waals surface area contributed by atoms with Gasteiger partial charge in [-0.05, 0) is 5.56 Å². The molecule has 0 radical (unpaired) electrons. The molecule has 0 saturated carbocycles. The van der Waals surface area contributed by atoms with Crippen LogP contribution in [0.15, 0.2) is 42.1 Å². The van der Waals surface area contributed by atoms with Gasteiger partial charge < -0.3 is 5.32 Å². The lowest BCUT2D eigenvalue weighted by Crippen LogP contribution is -2.22. The van der Waals surface area contributed by atoms with Gasteiger partial charge in [-0.25, -0.2) is 0 Å². The molecule has 1 N–H and O–H groups in total. The minimum atomic E-state index is -0.532. The summed E-state index contributed by atoms with van der Waals surface area (Å²) < 4.78 is 0. The van der Waals surface area contributed by atoms with Crippen LogP contribution in [0.2, 0.25) is 0 Å². The van der Waals surface area contributed by atoms with Crippen LogP contribution in [0.4, 0.5) is 0 Å². The van der Waals surface area contributed by atoms with Crippen LogP contribution in [0, 0.1) is 16.7 Å². The number of rotatable bonds is 4. The zero-order chi connectivity index (χ0) is 13.6. The quantitative estimate of drug-likeness (QED) is 0.652. The predicted octanol–water partition coefficient (Wildman–Crippen LogP) is 2.80. The van der Waals surface area contributed by atoms with E-state index in [1.165, 1.54) is 6.20 Å². The molecule has 0 aliphatic heterocycles. The van der Waals surface area contributed by atoms with Crippen LogP contribution in [0.5, 0.6) is 0 Å². The van der Waals surface area contributed by atoms with Gasteiger partial charge in [0.1, 0.15) is 11.6 Å². The normalized spacial score (nSPS) is 11.8. The van der Waals surface area contributed by atoms with Crippen molar-refractivity contribution in [2.45, 2.75) is 27.3 Å². The first-order chi connectivity index (χ1) is 8.45. The van der Waals surface area contributed by atoms with E-state index in [1.807, 2.05) is 36.4 Å². The van der Waals surface area contributed by atoms with Crippen molar-refractivity contribution in [1.82, 2.24) is 5.32 Å². The molecule has 18 heavy (non-hydrogen) atoms. The number of carbonyl (C=O) groups is 1. The number of Topliss-reactive ketones (excluding diaryl/α,β-unsaturated/α-hetero) is 1. The van der Waals surface area contributed by atoms with Gasteiger partial charge in [-0.15, -0.1) is 0 Å². The molecule has 0 aromatic heterocycles. The van der Waals surface area contributed by atoms with Crippen LogP contribution in [-0.2, 0) is 11.3 Å². The van der Waals surface area contributed by atoms with Crippen molar-refractivity contribution in [3.8, 4) is 6.07 Å². The third-order valence-electron chi connectivity index (χ3n) is 2.44. The second-order valence-corrected chi connectivity index (χ2v) is 5.12. The lowest BCUT2D eigenvalue weighted by Gasteiger charge is -2.15. The molecule has 1 aromatic carbocycles. The highest BCUT2D eigenvalue weighted by Crippen LogP contribution is 2.19. The number of nitriles is 1. The summed E-state index contributed by atoms with van der Waals surface area (Å²) in [6.07, 6.45) is 1.50. The molecule has 0 atom stereocenters. The van der Waals surface area contributed by atoms with E-state index in [0.717, 1.165) is 5.56 Å². The zero-order valence-electron chi connectivity index (χ0n) is 11.0. The first kappa shape index (κ1) is 14.0. The van der Waals surface area contributed by atoms with Crippen LogP contribution in [0.3, 0.4) is 0 Å². The predicted molar refractivity (Wildman–Crippen MR) is 71.4 cm³/mol. The van der Waals surface area contributed by atoms with Crippen LogP contribution in [-0.4, -0.2) is 5.78 Å². The van der Waals surface area contributed by atoms with E-state index in [9.17, 15) is 4.79 Å². The summed E-state index contributed by atoms with van der Waals surface area (Å²) in [6.45, 7) is 6.01. The third kappa shape index (κ3) is 4.06. The molecule has 3 heteroatoms. The number of benzene rings is 1. The maximum Gasteiger partial charge on any atom is 0.180 e. The summed E-state index contributed by atoms with van der Waals surface area (Å²) >= 11 is 0. The van der Waals surface area contributed by atoms with Crippen LogP contribution >= 0.6 is 0 Å². The van der Waals surface area contributed by atoms with Gasteiger partial charge in [0, 0.05) is 18.2 Å². The molecule has 94 valence electrons. The monoisotopic (exact) mass is 242 g/mol. The Bertz CT molecular complexity index is 475. The van der Waals surface area contributed by atoms with E-state index in [4.69, 9.17) is 5.26 Å². The minimum absolute atomic E-state index is 0.148. The van der Waals surface area contributed by atoms with Crippen molar-refractivity contribution >= 4 is 5.78 Å². The SMILES string of the molecule is CC(C)(C)C(=O)C(C#N)=CNCc1ccccc1. The largest absolute Gasteiger partial charge is 0.386 e. The second kappa shape index (κ2) is 6.02. The fraction of sp³-hybridized carbons (Fsp3) is 0.333. The van der Waals surface area contributed by atoms with Crippen LogP contribution in [0.25, 0.3) is 0 Å². The molecule has 0 unspecified atom stereocenters. The highest BCUT2D eigenvalue weighted by molar-refractivity contribution is 6.02. The number of hydrogen-bond donors (Lipinski definition) is 1. The molecular weight excluding hydrogens is 224 g/mol. The van der Waals surface area contributed by atoms with E-state index in [2.05, 4.69) is 5.32 Å². The number of carbonyl (C=O) groups excluding carboxylic acids is 1. The molecule has 1 aromatic rings. The standard InChI is InChI=1S/C15H18N2O/c1-15(2,3)14(18)13(9-16)11-17-10-12-7-5-4-6-8-12/h4-8,11,17H,10H2,1-3H3. The molecule has 0 aliphatic carbocycles. The van der Waals surface area contributed by atoms with Crippen molar-refractivity contribution in [3.05, 3.63) is 47.7 Å². The van der Waals surface area contributed by atoms with Gasteiger partial charge in [0.05, 0.1) is 0 Å². The average Bonchev–Trinajstić information content (AvgIpc) is 2.34. The summed E-state index contributed by atoms with van der Waals surface area (Å²) in [7, 11) is 0. The van der Waals surface area contributed by atoms with Crippen molar-refractivity contribution in [1.29, 1.82) is 5.26 Å². The first-order valence-electron chi connectivity index (χ1n) is 5.87. The van der Waals surface area contributed by atoms with Crippen LogP contribution in [0.1, 0.15) is 26.3 Å². The topological polar surface area (TPSA) is 52.9 Å². The smallest absolute Gasteiger partial charge is 0.180 e. The molecular formula is C15H18N2O. The first-order valence-corrected chi connectivity index (χ1v) is 5.87. The van der Waals surface area contributed by atoms with Crippen molar-refractivity contribution < 1.29 is 4.79 Å². The molecule has 0 amide bonds. The lowest BCUT2D eigenvalue weighted by atomic mass is 9.87. The number of hydrogen-bond acceptors (Lipinski definition) is 3. The molecule has 1 rings (SSSR count). The van der Waals surface area contributed by atoms with Gasteiger partial charge in [0.15, 0.2) is 5.78 Å². The number of allylic oxidation sites excluding steroid dienone is 1. The fourth-order valence-electron chi connectivity index (χ4n) is 1.42. The van der Waals surface area contributed by atoms with Gasteiger partial charge in [-0.3, -0.25) is 4.79 Å². The molecule has 3 nitrogen and oxygen atoms in total. The average molecular weight is 242 g/mol. The lowest BCUT2D eigenvalue weighted by molar-refractivity contribution is -0.122. The van der Waals surface area contributed by atoms with Gasteiger partial charge in [-0.1, -0.05) is 51.1 Å². The molecule has 0 saturated heterocycles. The van der Waals surface area contributed by atoms with E-state index < -0.39 is 5.41 Å². The maximum atomic E-state index is 11.9. The second-order valence-electron chi connectivity index (χ2n) is 5.12. The molecule has 0 fully saturated rings. The molecule has 0 bridgehead atoms.